The SMILES string of the molecule is CCC[C@H](NC(=O)NC(C)CSC)C(=O)O. The molecule has 94 valence electrons. The number of thioether (sulfide) groups is 1. The Morgan fingerprint density at radius 3 is 2.44 bits per heavy atom. The molecule has 0 heterocycles. The van der Waals surface area contributed by atoms with Crippen molar-refractivity contribution in [1.82, 2.24) is 10.6 Å². The number of rotatable bonds is 7. The van der Waals surface area contributed by atoms with Crippen molar-refractivity contribution in [2.45, 2.75) is 38.8 Å². The summed E-state index contributed by atoms with van der Waals surface area (Å²) in [4.78, 5) is 22.2. The Kier molecular flexibility index (Phi) is 7.80. The molecule has 6 heteroatoms. The third kappa shape index (κ3) is 6.55. The van der Waals surface area contributed by atoms with Crippen LogP contribution < -0.4 is 10.6 Å². The molecule has 16 heavy (non-hydrogen) atoms. The van der Waals surface area contributed by atoms with Crippen molar-refractivity contribution in [2.24, 2.45) is 0 Å². The fraction of sp³-hybridized carbons (Fsp3) is 0.800. The lowest BCUT2D eigenvalue weighted by molar-refractivity contribution is -0.139. The first-order chi connectivity index (χ1) is 7.51. The Labute approximate surface area is 100 Å². The Morgan fingerprint density at radius 1 is 1.38 bits per heavy atom. The molecule has 0 aromatic rings. The third-order valence-electron chi connectivity index (χ3n) is 1.97. The van der Waals surface area contributed by atoms with E-state index in [0.29, 0.717) is 6.42 Å². The molecule has 2 atom stereocenters. The van der Waals surface area contributed by atoms with Crippen molar-refractivity contribution < 1.29 is 14.7 Å². The van der Waals surface area contributed by atoms with Gasteiger partial charge in [-0.3, -0.25) is 0 Å². The summed E-state index contributed by atoms with van der Waals surface area (Å²) in [6, 6.07) is -1.18. The topological polar surface area (TPSA) is 78.4 Å². The van der Waals surface area contributed by atoms with Gasteiger partial charge in [-0.1, -0.05) is 13.3 Å². The van der Waals surface area contributed by atoms with Gasteiger partial charge in [0.05, 0.1) is 0 Å². The number of hydrogen-bond donors (Lipinski definition) is 3. The lowest BCUT2D eigenvalue weighted by Gasteiger charge is -2.17. The molecule has 0 spiro atoms. The molecule has 0 aromatic carbocycles. The number of aliphatic carboxylic acids is 1. The maximum atomic E-state index is 11.4. The van der Waals surface area contributed by atoms with Gasteiger partial charge in [-0.05, 0) is 19.6 Å². The number of nitrogens with one attached hydrogen (secondary N) is 2. The zero-order valence-corrected chi connectivity index (χ0v) is 10.8. The first kappa shape index (κ1) is 15.1. The summed E-state index contributed by atoms with van der Waals surface area (Å²) < 4.78 is 0. The number of carboxylic acid groups (broad SMARTS) is 1. The highest BCUT2D eigenvalue weighted by Crippen LogP contribution is 1.98. The van der Waals surface area contributed by atoms with E-state index >= 15 is 0 Å². The van der Waals surface area contributed by atoms with Crippen LogP contribution >= 0.6 is 11.8 Å². The predicted octanol–water partition coefficient (Wildman–Crippen LogP) is 1.29. The summed E-state index contributed by atoms with van der Waals surface area (Å²) in [5, 5.41) is 14.0. The second-order valence-corrected chi connectivity index (χ2v) is 4.56. The van der Waals surface area contributed by atoms with Crippen molar-refractivity contribution in [1.29, 1.82) is 0 Å². The summed E-state index contributed by atoms with van der Waals surface area (Å²) in [6.45, 7) is 3.76. The Hall–Kier alpha value is -0.910. The van der Waals surface area contributed by atoms with Crippen LogP contribution in [0.1, 0.15) is 26.7 Å². The van der Waals surface area contributed by atoms with Crippen LogP contribution in [0.2, 0.25) is 0 Å². The zero-order valence-electron chi connectivity index (χ0n) is 9.95. The monoisotopic (exact) mass is 248 g/mol. The van der Waals surface area contributed by atoms with Crippen LogP contribution in [0.5, 0.6) is 0 Å². The molecule has 0 fully saturated rings. The van der Waals surface area contributed by atoms with Gasteiger partial charge in [-0.25, -0.2) is 9.59 Å². The van der Waals surface area contributed by atoms with Crippen molar-refractivity contribution in [2.75, 3.05) is 12.0 Å². The van der Waals surface area contributed by atoms with E-state index < -0.39 is 18.0 Å². The predicted molar refractivity (Wildman–Crippen MR) is 65.8 cm³/mol. The molecule has 0 saturated heterocycles. The summed E-state index contributed by atoms with van der Waals surface area (Å²) in [5.74, 6) is -0.187. The van der Waals surface area contributed by atoms with Gasteiger partial charge in [0.1, 0.15) is 6.04 Å². The van der Waals surface area contributed by atoms with Gasteiger partial charge >= 0.3 is 12.0 Å². The molecule has 1 unspecified atom stereocenters. The molecule has 0 aromatic heterocycles. The number of carboxylic acids is 1. The summed E-state index contributed by atoms with van der Waals surface area (Å²) >= 11 is 1.63. The van der Waals surface area contributed by atoms with Gasteiger partial charge in [0.15, 0.2) is 0 Å². The van der Waals surface area contributed by atoms with Gasteiger partial charge in [-0.15, -0.1) is 0 Å². The van der Waals surface area contributed by atoms with E-state index in [9.17, 15) is 9.59 Å². The molecule has 0 aliphatic carbocycles. The standard InChI is InChI=1S/C10H20N2O3S/c1-4-5-8(9(13)14)12-10(15)11-7(2)6-16-3/h7-8H,4-6H2,1-3H3,(H,13,14)(H2,11,12,15)/t7?,8-/m0/s1. The first-order valence-corrected chi connectivity index (χ1v) is 6.69. The van der Waals surface area contributed by atoms with Crippen LogP contribution in [0.3, 0.4) is 0 Å². The normalized spacial score (nSPS) is 13.9. The van der Waals surface area contributed by atoms with Crippen LogP contribution in [-0.4, -0.2) is 41.2 Å². The van der Waals surface area contributed by atoms with Gasteiger partial charge in [-0.2, -0.15) is 11.8 Å². The molecular weight excluding hydrogens is 228 g/mol. The Bertz CT molecular complexity index is 236. The number of carbonyl (C=O) groups is 2. The average molecular weight is 248 g/mol. The minimum atomic E-state index is -0.991. The number of hydrogen-bond acceptors (Lipinski definition) is 3. The Morgan fingerprint density at radius 2 is 2.00 bits per heavy atom. The van der Waals surface area contributed by atoms with Crippen molar-refractivity contribution in [3.05, 3.63) is 0 Å². The molecule has 0 radical (unpaired) electrons. The minimum absolute atomic E-state index is 0.0334. The number of carbonyl (C=O) groups excluding carboxylic acids is 1. The smallest absolute Gasteiger partial charge is 0.326 e. The maximum Gasteiger partial charge on any atom is 0.326 e. The molecule has 0 bridgehead atoms. The van der Waals surface area contributed by atoms with Gasteiger partial charge in [0.25, 0.3) is 0 Å². The van der Waals surface area contributed by atoms with Crippen LogP contribution in [0.15, 0.2) is 0 Å². The molecule has 5 nitrogen and oxygen atoms in total. The fourth-order valence-electron chi connectivity index (χ4n) is 1.26. The average Bonchev–Trinajstić information content (AvgIpc) is 2.16. The number of amides is 2. The van der Waals surface area contributed by atoms with Gasteiger partial charge in [0.2, 0.25) is 0 Å². The van der Waals surface area contributed by atoms with Gasteiger partial charge in [0, 0.05) is 11.8 Å². The highest BCUT2D eigenvalue weighted by Gasteiger charge is 2.19. The van der Waals surface area contributed by atoms with E-state index in [1.54, 1.807) is 11.8 Å². The molecule has 0 aliphatic heterocycles. The molecule has 3 N–H and O–H groups in total. The van der Waals surface area contributed by atoms with E-state index in [0.717, 1.165) is 12.2 Å². The van der Waals surface area contributed by atoms with Gasteiger partial charge < -0.3 is 15.7 Å². The summed E-state index contributed by atoms with van der Waals surface area (Å²) in [6.07, 6.45) is 3.12. The van der Waals surface area contributed by atoms with E-state index in [-0.39, 0.29) is 6.04 Å². The molecule has 2 amide bonds. The third-order valence-corrected chi connectivity index (χ3v) is 2.81. The van der Waals surface area contributed by atoms with E-state index in [1.807, 2.05) is 20.1 Å². The minimum Gasteiger partial charge on any atom is -0.480 e. The van der Waals surface area contributed by atoms with Crippen molar-refractivity contribution >= 4 is 23.8 Å². The second-order valence-electron chi connectivity index (χ2n) is 3.65. The Balaban J connectivity index is 4.04. The van der Waals surface area contributed by atoms with Crippen LogP contribution in [0.25, 0.3) is 0 Å². The number of urea groups is 1. The first-order valence-electron chi connectivity index (χ1n) is 5.30. The van der Waals surface area contributed by atoms with Crippen LogP contribution in [-0.2, 0) is 4.79 Å². The lowest BCUT2D eigenvalue weighted by atomic mass is 10.2. The second kappa shape index (κ2) is 8.27. The van der Waals surface area contributed by atoms with Crippen molar-refractivity contribution in [3.63, 3.8) is 0 Å². The maximum absolute atomic E-state index is 11.4. The lowest BCUT2D eigenvalue weighted by Crippen LogP contribution is -2.48. The van der Waals surface area contributed by atoms with Crippen LogP contribution in [0, 0.1) is 0 Å². The van der Waals surface area contributed by atoms with Crippen LogP contribution in [0.4, 0.5) is 4.79 Å². The summed E-state index contributed by atoms with van der Waals surface area (Å²) in [7, 11) is 0. The highest BCUT2D eigenvalue weighted by atomic mass is 32.2. The van der Waals surface area contributed by atoms with E-state index in [4.69, 9.17) is 5.11 Å². The molecule has 0 saturated carbocycles. The zero-order chi connectivity index (χ0) is 12.6. The molecular formula is C10H20N2O3S. The largest absolute Gasteiger partial charge is 0.480 e. The van der Waals surface area contributed by atoms with E-state index in [2.05, 4.69) is 10.6 Å². The summed E-state index contributed by atoms with van der Waals surface area (Å²) in [5.41, 5.74) is 0. The molecule has 0 rings (SSSR count). The van der Waals surface area contributed by atoms with Crippen molar-refractivity contribution in [3.8, 4) is 0 Å². The fourth-order valence-corrected chi connectivity index (χ4v) is 1.84. The quantitative estimate of drug-likeness (QED) is 0.634. The van der Waals surface area contributed by atoms with E-state index in [1.165, 1.54) is 0 Å². The molecule has 0 aliphatic rings. The highest BCUT2D eigenvalue weighted by molar-refractivity contribution is 7.98.